The Morgan fingerprint density at radius 2 is 2.24 bits per heavy atom. The highest BCUT2D eigenvalue weighted by atomic mass is 32.1. The molecule has 2 aliphatic rings. The lowest BCUT2D eigenvalue weighted by molar-refractivity contribution is -0.0254. The van der Waals surface area contributed by atoms with E-state index in [1.165, 1.54) is 0 Å². The number of nitrogens with two attached hydrogens (primary N) is 1. The van der Waals surface area contributed by atoms with Crippen molar-refractivity contribution in [3.63, 3.8) is 0 Å². The minimum absolute atomic E-state index is 0.334. The van der Waals surface area contributed by atoms with E-state index in [1.54, 1.807) is 18.4 Å². The Kier molecular flexibility index (Phi) is 4.61. The first kappa shape index (κ1) is 15.4. The molecule has 2 heterocycles. The van der Waals surface area contributed by atoms with Gasteiger partial charge in [0.05, 0.1) is 12.3 Å². The number of aromatic nitrogens is 1. The Morgan fingerprint density at radius 1 is 1.48 bits per heavy atom. The second-order valence-corrected chi connectivity index (χ2v) is 7.31. The summed E-state index contributed by atoms with van der Waals surface area (Å²) in [6.07, 6.45) is 4.74. The van der Waals surface area contributed by atoms with Gasteiger partial charge < -0.3 is 15.6 Å². The van der Waals surface area contributed by atoms with E-state index in [0.717, 1.165) is 55.9 Å². The fraction of sp³-hybridized carbons (Fsp3) is 0.800. The van der Waals surface area contributed by atoms with Crippen molar-refractivity contribution in [1.29, 1.82) is 0 Å². The van der Waals surface area contributed by atoms with Crippen LogP contribution >= 0.6 is 11.3 Å². The third-order valence-electron chi connectivity index (χ3n) is 4.85. The van der Waals surface area contributed by atoms with Crippen LogP contribution in [0, 0.1) is 0 Å². The molecule has 0 amide bonds. The molecule has 118 valence electrons. The molecule has 0 aromatic carbocycles. The molecule has 3 rings (SSSR count). The fourth-order valence-electron chi connectivity index (χ4n) is 3.56. The molecule has 1 aromatic rings. The number of rotatable bonds is 4. The van der Waals surface area contributed by atoms with Crippen molar-refractivity contribution >= 4 is 11.3 Å². The van der Waals surface area contributed by atoms with Crippen molar-refractivity contribution in [1.82, 2.24) is 9.88 Å². The molecule has 0 spiro atoms. The predicted octanol–water partition coefficient (Wildman–Crippen LogP) is 1.45. The first-order chi connectivity index (χ1) is 10.1. The average molecular weight is 311 g/mol. The molecule has 21 heavy (non-hydrogen) atoms. The Bertz CT molecular complexity index is 471. The molecule has 1 aromatic heterocycles. The summed E-state index contributed by atoms with van der Waals surface area (Å²) in [5.74, 6) is 0. The van der Waals surface area contributed by atoms with E-state index in [9.17, 15) is 5.11 Å². The van der Waals surface area contributed by atoms with Crippen LogP contribution in [0.4, 0.5) is 0 Å². The zero-order valence-corrected chi connectivity index (χ0v) is 13.4. The molecule has 6 heteroatoms. The van der Waals surface area contributed by atoms with Crippen molar-refractivity contribution in [2.75, 3.05) is 20.2 Å². The molecular formula is C15H25N3O2S. The first-order valence-corrected chi connectivity index (χ1v) is 8.64. The van der Waals surface area contributed by atoms with E-state index in [4.69, 9.17) is 10.5 Å². The van der Waals surface area contributed by atoms with Crippen LogP contribution in [0.25, 0.3) is 0 Å². The van der Waals surface area contributed by atoms with Gasteiger partial charge in [-0.05, 0) is 32.1 Å². The van der Waals surface area contributed by atoms with Crippen molar-refractivity contribution < 1.29 is 9.84 Å². The quantitative estimate of drug-likeness (QED) is 0.881. The fourth-order valence-corrected chi connectivity index (χ4v) is 4.42. The number of ether oxygens (including phenoxy) is 1. The summed E-state index contributed by atoms with van der Waals surface area (Å²) in [4.78, 5) is 7.04. The van der Waals surface area contributed by atoms with Crippen LogP contribution in [0.2, 0.25) is 0 Å². The third kappa shape index (κ3) is 3.29. The molecule has 1 saturated heterocycles. The number of aliphatic hydroxyl groups is 1. The Labute approximate surface area is 130 Å². The zero-order chi connectivity index (χ0) is 14.9. The maximum Gasteiger partial charge on any atom is 0.119 e. The highest BCUT2D eigenvalue weighted by Crippen LogP contribution is 2.39. The van der Waals surface area contributed by atoms with Crippen LogP contribution in [0.1, 0.15) is 42.8 Å². The van der Waals surface area contributed by atoms with Gasteiger partial charge in [0.2, 0.25) is 0 Å². The Balaban J connectivity index is 1.60. The molecule has 0 radical (unpaired) electrons. The van der Waals surface area contributed by atoms with E-state index in [1.807, 2.05) is 5.38 Å². The minimum atomic E-state index is -0.749. The smallest absolute Gasteiger partial charge is 0.119 e. The molecule has 5 nitrogen and oxygen atoms in total. The van der Waals surface area contributed by atoms with Gasteiger partial charge in [-0.25, -0.2) is 4.98 Å². The summed E-state index contributed by atoms with van der Waals surface area (Å²) in [5, 5.41) is 13.8. The second kappa shape index (κ2) is 6.30. The lowest BCUT2D eigenvalue weighted by Gasteiger charge is -2.38. The van der Waals surface area contributed by atoms with E-state index in [0.29, 0.717) is 18.7 Å². The van der Waals surface area contributed by atoms with Gasteiger partial charge in [0.15, 0.2) is 0 Å². The lowest BCUT2D eigenvalue weighted by atomic mass is 9.80. The van der Waals surface area contributed by atoms with Gasteiger partial charge in [0.1, 0.15) is 10.6 Å². The van der Waals surface area contributed by atoms with Crippen LogP contribution < -0.4 is 5.73 Å². The van der Waals surface area contributed by atoms with Gasteiger partial charge in [-0.15, -0.1) is 11.3 Å². The second-order valence-electron chi connectivity index (χ2n) is 6.37. The topological polar surface area (TPSA) is 71.6 Å². The summed E-state index contributed by atoms with van der Waals surface area (Å²) >= 11 is 1.57. The molecule has 3 N–H and O–H groups in total. The monoisotopic (exact) mass is 311 g/mol. The summed E-state index contributed by atoms with van der Waals surface area (Å²) in [6.45, 7) is 2.64. The standard InChI is InChI=1S/C15H25N3O2S/c1-20-9-14-17-13(10-21-14)15(19)5-2-12(3-6-15)18-7-4-11(16)8-18/h10-12,19H,2-9,16H2,1H3/t11-,12?,15?/m1/s1. The van der Waals surface area contributed by atoms with Gasteiger partial charge in [-0.2, -0.15) is 0 Å². The van der Waals surface area contributed by atoms with Crippen LogP contribution in [0.3, 0.4) is 0 Å². The van der Waals surface area contributed by atoms with E-state index < -0.39 is 5.60 Å². The summed E-state index contributed by atoms with van der Waals surface area (Å²) < 4.78 is 5.10. The maximum absolute atomic E-state index is 10.9. The Hall–Kier alpha value is -0.530. The van der Waals surface area contributed by atoms with E-state index in [-0.39, 0.29) is 0 Å². The number of nitrogens with zero attached hydrogens (tertiary/aromatic N) is 2. The van der Waals surface area contributed by atoms with E-state index >= 15 is 0 Å². The molecule has 1 saturated carbocycles. The van der Waals surface area contributed by atoms with Crippen molar-refractivity contribution in [3.05, 3.63) is 16.1 Å². The van der Waals surface area contributed by atoms with Gasteiger partial charge >= 0.3 is 0 Å². The molecule has 1 aliphatic heterocycles. The number of thiazole rings is 1. The summed E-state index contributed by atoms with van der Waals surface area (Å²) in [6, 6.07) is 0.914. The average Bonchev–Trinajstić information content (AvgIpc) is 3.10. The van der Waals surface area contributed by atoms with Gasteiger partial charge in [-0.3, -0.25) is 4.90 Å². The van der Waals surface area contributed by atoms with Gasteiger partial charge in [-0.1, -0.05) is 0 Å². The van der Waals surface area contributed by atoms with E-state index in [2.05, 4.69) is 9.88 Å². The van der Waals surface area contributed by atoms with Gasteiger partial charge in [0.25, 0.3) is 0 Å². The highest BCUT2D eigenvalue weighted by molar-refractivity contribution is 7.09. The van der Waals surface area contributed by atoms with Crippen LogP contribution in [-0.2, 0) is 16.9 Å². The first-order valence-electron chi connectivity index (χ1n) is 7.76. The van der Waals surface area contributed by atoms with Crippen molar-refractivity contribution in [2.24, 2.45) is 5.73 Å². The number of hydrogen-bond donors (Lipinski definition) is 2. The number of hydrogen-bond acceptors (Lipinski definition) is 6. The molecule has 2 fully saturated rings. The lowest BCUT2D eigenvalue weighted by Crippen LogP contribution is -2.42. The molecule has 1 atom stereocenters. The van der Waals surface area contributed by atoms with Gasteiger partial charge in [0, 0.05) is 37.7 Å². The summed E-state index contributed by atoms with van der Waals surface area (Å²) in [7, 11) is 1.67. The molecule has 0 bridgehead atoms. The van der Waals surface area contributed by atoms with Crippen LogP contribution in [0.15, 0.2) is 5.38 Å². The predicted molar refractivity (Wildman–Crippen MR) is 83.1 cm³/mol. The van der Waals surface area contributed by atoms with Crippen molar-refractivity contribution in [2.45, 2.75) is 56.4 Å². The zero-order valence-electron chi connectivity index (χ0n) is 12.6. The normalized spacial score (nSPS) is 34.4. The third-order valence-corrected chi connectivity index (χ3v) is 5.67. The largest absolute Gasteiger partial charge is 0.384 e. The van der Waals surface area contributed by atoms with Crippen LogP contribution in [0.5, 0.6) is 0 Å². The Morgan fingerprint density at radius 3 is 2.86 bits per heavy atom. The summed E-state index contributed by atoms with van der Waals surface area (Å²) in [5.41, 5.74) is 6.08. The SMILES string of the molecule is COCc1nc(C2(O)CCC(N3CC[C@@H](N)C3)CC2)cs1. The number of likely N-dealkylation sites (tertiary alicyclic amines) is 1. The minimum Gasteiger partial charge on any atom is -0.384 e. The molecule has 1 aliphatic carbocycles. The molecule has 0 unspecified atom stereocenters. The molecular weight excluding hydrogens is 286 g/mol. The maximum atomic E-state index is 10.9. The van der Waals surface area contributed by atoms with Crippen LogP contribution in [-0.4, -0.2) is 47.3 Å². The highest BCUT2D eigenvalue weighted by Gasteiger charge is 2.39. The van der Waals surface area contributed by atoms with Crippen molar-refractivity contribution in [3.8, 4) is 0 Å². The number of methoxy groups -OCH3 is 1.